The van der Waals surface area contributed by atoms with Gasteiger partial charge in [-0.15, -0.1) is 0 Å². The molecule has 0 bridgehead atoms. The number of hydrogen-bond donors (Lipinski definition) is 0. The molecular weight excluding hydrogens is 496 g/mol. The van der Waals surface area contributed by atoms with Crippen LogP contribution in [0.4, 0.5) is 26.3 Å². The van der Waals surface area contributed by atoms with E-state index in [-0.39, 0.29) is 43.7 Å². The molecule has 0 radical (unpaired) electrons. The summed E-state index contributed by atoms with van der Waals surface area (Å²) in [4.78, 5) is 20.1. The van der Waals surface area contributed by atoms with Gasteiger partial charge in [0.05, 0.1) is 17.9 Å². The molecule has 0 N–H and O–H groups in total. The van der Waals surface area contributed by atoms with Gasteiger partial charge in [0.2, 0.25) is 5.91 Å². The Labute approximate surface area is 217 Å². The lowest BCUT2D eigenvalue weighted by Gasteiger charge is -2.44. The van der Waals surface area contributed by atoms with E-state index in [0.717, 1.165) is 64.3 Å². The second-order valence-corrected chi connectivity index (χ2v) is 12.2. The van der Waals surface area contributed by atoms with Crippen LogP contribution in [0.25, 0.3) is 0 Å². The minimum absolute atomic E-state index is 0.0157. The Hall–Kier alpha value is -1.03. The highest BCUT2D eigenvalue weighted by Crippen LogP contribution is 2.48. The highest BCUT2D eigenvalue weighted by molar-refractivity contribution is 5.82. The van der Waals surface area contributed by atoms with Gasteiger partial charge in [0.15, 0.2) is 0 Å². The first-order chi connectivity index (χ1) is 17.4. The molecule has 4 fully saturated rings. The van der Waals surface area contributed by atoms with Gasteiger partial charge in [0, 0.05) is 46.3 Å². The van der Waals surface area contributed by atoms with E-state index >= 15 is 0 Å². The van der Waals surface area contributed by atoms with Gasteiger partial charge in [-0.25, -0.2) is 0 Å². The Morgan fingerprint density at radius 3 is 1.89 bits per heavy atom. The topological polar surface area (TPSA) is 26.8 Å². The van der Waals surface area contributed by atoms with E-state index in [2.05, 4.69) is 9.80 Å². The smallest absolute Gasteiger partial charge is 0.344 e. The van der Waals surface area contributed by atoms with E-state index in [1.165, 1.54) is 19.3 Å². The van der Waals surface area contributed by atoms with Crippen LogP contribution in [0, 0.1) is 29.6 Å². The van der Waals surface area contributed by atoms with Gasteiger partial charge in [0.25, 0.3) is 0 Å². The minimum Gasteiger partial charge on any atom is -0.344 e. The second kappa shape index (κ2) is 12.0. The average Bonchev–Trinajstić information content (AvgIpc) is 3.67. The monoisotopic (exact) mass is 539 g/mol. The normalized spacial score (nSPS) is 30.3. The van der Waals surface area contributed by atoms with Gasteiger partial charge in [-0.3, -0.25) is 9.69 Å². The van der Waals surface area contributed by atoms with Gasteiger partial charge in [-0.05, 0) is 69.1 Å². The number of nitrogens with zero attached hydrogens (tertiary/aromatic N) is 3. The summed E-state index contributed by atoms with van der Waals surface area (Å²) < 4.78 is 80.3. The molecule has 1 saturated heterocycles. The molecule has 3 aliphatic carbocycles. The molecule has 4 aliphatic rings. The first-order valence-corrected chi connectivity index (χ1v) is 14.3. The third-order valence-electron chi connectivity index (χ3n) is 9.34. The maximum atomic E-state index is 13.7. The summed E-state index contributed by atoms with van der Waals surface area (Å²) in [6.07, 6.45) is -2.56. The van der Waals surface area contributed by atoms with Crippen LogP contribution in [-0.2, 0) is 4.79 Å². The molecule has 4 nitrogen and oxygen atoms in total. The van der Waals surface area contributed by atoms with Crippen LogP contribution >= 0.6 is 0 Å². The van der Waals surface area contributed by atoms with E-state index < -0.39 is 36.5 Å². The lowest BCUT2D eigenvalue weighted by Crippen LogP contribution is -2.58. The maximum absolute atomic E-state index is 13.7. The number of halogens is 6. The van der Waals surface area contributed by atoms with Crippen LogP contribution in [0.1, 0.15) is 70.6 Å². The summed E-state index contributed by atoms with van der Waals surface area (Å²) in [5.74, 6) is -3.49. The SMILES string of the molecule is CN(CCC1CC(C(F)(F)F)CC(C(F)(F)F)C1)C(=O)C(C1CCCCC1)N1CCN(CC2CC2)CC1. The number of piperazine rings is 1. The van der Waals surface area contributed by atoms with Crippen molar-refractivity contribution in [2.75, 3.05) is 46.3 Å². The molecule has 0 aromatic rings. The highest BCUT2D eigenvalue weighted by atomic mass is 19.4. The summed E-state index contributed by atoms with van der Waals surface area (Å²) in [6.45, 7) is 4.87. The molecule has 3 saturated carbocycles. The lowest BCUT2D eigenvalue weighted by atomic mass is 9.73. The fourth-order valence-corrected chi connectivity index (χ4v) is 6.91. The molecule has 0 spiro atoms. The number of likely N-dealkylation sites (N-methyl/N-ethyl adjacent to an activating group) is 1. The van der Waals surface area contributed by atoms with Crippen molar-refractivity contribution in [2.24, 2.45) is 29.6 Å². The van der Waals surface area contributed by atoms with Gasteiger partial charge in [-0.1, -0.05) is 19.3 Å². The number of rotatable bonds is 8. The molecule has 37 heavy (non-hydrogen) atoms. The quantitative estimate of drug-likeness (QED) is 0.356. The van der Waals surface area contributed by atoms with Crippen molar-refractivity contribution in [3.8, 4) is 0 Å². The number of carbonyl (C=O) groups is 1. The largest absolute Gasteiger partial charge is 0.391 e. The number of hydrogen-bond acceptors (Lipinski definition) is 3. The molecule has 3 unspecified atom stereocenters. The molecule has 0 aromatic carbocycles. The first kappa shape index (κ1) is 29.0. The molecule has 0 aromatic heterocycles. The van der Waals surface area contributed by atoms with Crippen molar-refractivity contribution in [2.45, 2.75) is 89.0 Å². The molecule has 1 heterocycles. The van der Waals surface area contributed by atoms with E-state index in [4.69, 9.17) is 0 Å². The van der Waals surface area contributed by atoms with Crippen molar-refractivity contribution in [3.05, 3.63) is 0 Å². The van der Waals surface area contributed by atoms with Crippen LogP contribution in [0.2, 0.25) is 0 Å². The number of alkyl halides is 6. The third-order valence-corrected chi connectivity index (χ3v) is 9.34. The van der Waals surface area contributed by atoms with Crippen molar-refractivity contribution < 1.29 is 31.1 Å². The Kier molecular flexibility index (Phi) is 9.40. The van der Waals surface area contributed by atoms with Crippen LogP contribution in [-0.4, -0.2) is 85.3 Å². The zero-order valence-electron chi connectivity index (χ0n) is 22.0. The summed E-state index contributed by atoms with van der Waals surface area (Å²) in [5, 5.41) is 0. The van der Waals surface area contributed by atoms with Gasteiger partial charge < -0.3 is 9.80 Å². The van der Waals surface area contributed by atoms with E-state index in [1.54, 1.807) is 11.9 Å². The zero-order chi connectivity index (χ0) is 26.8. The third kappa shape index (κ3) is 7.99. The summed E-state index contributed by atoms with van der Waals surface area (Å²) in [7, 11) is 1.67. The fraction of sp³-hybridized carbons (Fsp3) is 0.963. The standard InChI is InChI=1S/C27H43F6N3O/c1-34(10-9-20-15-22(26(28,29)30)17-23(16-20)27(31,32)33)25(37)24(21-5-3-2-4-6-21)36-13-11-35(12-14-36)18-19-7-8-19/h19-24H,2-18H2,1H3. The van der Waals surface area contributed by atoms with Crippen LogP contribution in [0.5, 0.6) is 0 Å². The molecule has 214 valence electrons. The summed E-state index contributed by atoms with van der Waals surface area (Å²) in [6, 6.07) is -0.245. The van der Waals surface area contributed by atoms with Crippen molar-refractivity contribution in [1.82, 2.24) is 14.7 Å². The summed E-state index contributed by atoms with van der Waals surface area (Å²) >= 11 is 0. The fourth-order valence-electron chi connectivity index (χ4n) is 6.91. The predicted octanol–water partition coefficient (Wildman–Crippen LogP) is 5.97. The Morgan fingerprint density at radius 1 is 0.811 bits per heavy atom. The molecular formula is C27H43F6N3O. The van der Waals surface area contributed by atoms with Gasteiger partial charge in [0.1, 0.15) is 0 Å². The van der Waals surface area contributed by atoms with Crippen molar-refractivity contribution >= 4 is 5.91 Å². The van der Waals surface area contributed by atoms with Crippen molar-refractivity contribution in [1.29, 1.82) is 0 Å². The minimum atomic E-state index is -4.63. The predicted molar refractivity (Wildman–Crippen MR) is 130 cm³/mol. The van der Waals surface area contributed by atoms with Crippen LogP contribution < -0.4 is 0 Å². The molecule has 1 aliphatic heterocycles. The molecule has 3 atom stereocenters. The van der Waals surface area contributed by atoms with E-state index in [1.807, 2.05) is 0 Å². The second-order valence-electron chi connectivity index (χ2n) is 12.2. The van der Waals surface area contributed by atoms with Crippen LogP contribution in [0.15, 0.2) is 0 Å². The van der Waals surface area contributed by atoms with Gasteiger partial charge >= 0.3 is 12.4 Å². The Morgan fingerprint density at radius 2 is 1.38 bits per heavy atom. The number of carbonyl (C=O) groups excluding carboxylic acids is 1. The van der Waals surface area contributed by atoms with Crippen molar-refractivity contribution in [3.63, 3.8) is 0 Å². The molecule has 4 rings (SSSR count). The lowest BCUT2D eigenvalue weighted by molar-refractivity contribution is -0.229. The maximum Gasteiger partial charge on any atom is 0.391 e. The average molecular weight is 540 g/mol. The van der Waals surface area contributed by atoms with Gasteiger partial charge in [-0.2, -0.15) is 26.3 Å². The number of amides is 1. The Bertz CT molecular complexity index is 719. The molecule has 10 heteroatoms. The zero-order valence-corrected chi connectivity index (χ0v) is 22.0. The van der Waals surface area contributed by atoms with Crippen LogP contribution in [0.3, 0.4) is 0 Å². The van der Waals surface area contributed by atoms with E-state index in [0.29, 0.717) is 0 Å². The highest BCUT2D eigenvalue weighted by Gasteiger charge is 2.51. The van der Waals surface area contributed by atoms with E-state index in [9.17, 15) is 31.1 Å². The molecule has 1 amide bonds. The Balaban J connectivity index is 1.36. The first-order valence-electron chi connectivity index (χ1n) is 14.3. The summed E-state index contributed by atoms with van der Waals surface area (Å²) in [5.41, 5.74) is 0.